The molecule has 0 aliphatic rings. The highest BCUT2D eigenvalue weighted by molar-refractivity contribution is 5.81. The number of hydrogen-bond acceptors (Lipinski definition) is 2. The zero-order chi connectivity index (χ0) is 15.3. The molecule has 0 aromatic heterocycles. The summed E-state index contributed by atoms with van der Waals surface area (Å²) >= 11 is 0. The van der Waals surface area contributed by atoms with Crippen LogP contribution in [0.4, 0.5) is 0 Å². The van der Waals surface area contributed by atoms with Crippen LogP contribution in [0.5, 0.6) is 0 Å². The quantitative estimate of drug-likeness (QED) is 0.362. The SMILES string of the molecule is CCCCCC(/C=C/C(=O)OCC)/C=C/c1ccccc1. The number of ether oxygens (including phenoxy) is 1. The fourth-order valence-electron chi connectivity index (χ4n) is 2.08. The molecule has 0 aliphatic carbocycles. The summed E-state index contributed by atoms with van der Waals surface area (Å²) in [5.41, 5.74) is 1.18. The molecule has 0 N–H and O–H groups in total. The third-order valence-corrected chi connectivity index (χ3v) is 3.24. The Morgan fingerprint density at radius 2 is 1.90 bits per heavy atom. The number of allylic oxidation sites excluding steroid dienone is 2. The molecule has 1 aromatic rings. The van der Waals surface area contributed by atoms with Gasteiger partial charge in [-0.05, 0) is 24.8 Å². The molecular weight excluding hydrogens is 260 g/mol. The Kier molecular flexibility index (Phi) is 8.94. The largest absolute Gasteiger partial charge is 0.463 e. The van der Waals surface area contributed by atoms with Gasteiger partial charge in [-0.25, -0.2) is 4.79 Å². The number of rotatable bonds is 9. The molecule has 0 spiro atoms. The average molecular weight is 286 g/mol. The molecule has 0 saturated heterocycles. The van der Waals surface area contributed by atoms with Gasteiger partial charge in [-0.3, -0.25) is 0 Å². The highest BCUT2D eigenvalue weighted by atomic mass is 16.5. The monoisotopic (exact) mass is 286 g/mol. The minimum atomic E-state index is -0.258. The first-order valence-corrected chi connectivity index (χ1v) is 7.84. The van der Waals surface area contributed by atoms with Gasteiger partial charge in [0.15, 0.2) is 0 Å². The van der Waals surface area contributed by atoms with Gasteiger partial charge in [0.1, 0.15) is 0 Å². The topological polar surface area (TPSA) is 26.3 Å². The fraction of sp³-hybridized carbons (Fsp3) is 0.421. The minimum absolute atomic E-state index is 0.258. The summed E-state index contributed by atoms with van der Waals surface area (Å²) in [6.07, 6.45) is 12.5. The van der Waals surface area contributed by atoms with Gasteiger partial charge in [0, 0.05) is 6.08 Å². The van der Waals surface area contributed by atoms with Crippen molar-refractivity contribution in [1.82, 2.24) is 0 Å². The molecule has 1 aromatic carbocycles. The second-order valence-electron chi connectivity index (χ2n) is 5.04. The molecular formula is C19H26O2. The zero-order valence-electron chi connectivity index (χ0n) is 13.1. The van der Waals surface area contributed by atoms with Crippen LogP contribution in [0.2, 0.25) is 0 Å². The van der Waals surface area contributed by atoms with Crippen molar-refractivity contribution in [2.24, 2.45) is 5.92 Å². The highest BCUT2D eigenvalue weighted by Gasteiger charge is 2.02. The molecule has 0 radical (unpaired) electrons. The lowest BCUT2D eigenvalue weighted by Gasteiger charge is -2.07. The molecule has 0 aliphatic heterocycles. The Morgan fingerprint density at radius 3 is 2.57 bits per heavy atom. The molecule has 1 atom stereocenters. The second-order valence-corrected chi connectivity index (χ2v) is 5.04. The van der Waals surface area contributed by atoms with Crippen molar-refractivity contribution in [2.75, 3.05) is 6.61 Å². The summed E-state index contributed by atoms with van der Waals surface area (Å²) in [7, 11) is 0. The molecule has 21 heavy (non-hydrogen) atoms. The summed E-state index contributed by atoms with van der Waals surface area (Å²) in [6.45, 7) is 4.44. The van der Waals surface area contributed by atoms with Crippen LogP contribution in [0.25, 0.3) is 6.08 Å². The zero-order valence-corrected chi connectivity index (χ0v) is 13.1. The molecule has 0 bridgehead atoms. The normalized spacial score (nSPS) is 12.9. The van der Waals surface area contributed by atoms with E-state index in [0.717, 1.165) is 6.42 Å². The van der Waals surface area contributed by atoms with E-state index in [4.69, 9.17) is 4.74 Å². The van der Waals surface area contributed by atoms with E-state index in [2.05, 4.69) is 31.2 Å². The molecule has 0 amide bonds. The van der Waals surface area contributed by atoms with Gasteiger partial charge < -0.3 is 4.74 Å². The first-order chi connectivity index (χ1) is 10.3. The van der Waals surface area contributed by atoms with Crippen molar-refractivity contribution in [2.45, 2.75) is 39.5 Å². The van der Waals surface area contributed by atoms with Crippen LogP contribution < -0.4 is 0 Å². The maximum absolute atomic E-state index is 11.4. The first-order valence-electron chi connectivity index (χ1n) is 7.84. The van der Waals surface area contributed by atoms with Crippen LogP contribution in [0.15, 0.2) is 48.6 Å². The van der Waals surface area contributed by atoms with Gasteiger partial charge >= 0.3 is 5.97 Å². The summed E-state index contributed by atoms with van der Waals surface area (Å²) in [4.78, 5) is 11.4. The maximum Gasteiger partial charge on any atom is 0.330 e. The predicted molar refractivity (Wildman–Crippen MR) is 88.9 cm³/mol. The summed E-state index contributed by atoms with van der Waals surface area (Å²) in [5.74, 6) is 0.0206. The van der Waals surface area contributed by atoms with Crippen LogP contribution in [-0.4, -0.2) is 12.6 Å². The predicted octanol–water partition coefficient (Wildman–Crippen LogP) is 5.02. The van der Waals surface area contributed by atoms with Crippen LogP contribution in [0, 0.1) is 5.92 Å². The van der Waals surface area contributed by atoms with Crippen molar-refractivity contribution >= 4 is 12.0 Å². The van der Waals surface area contributed by atoms with Crippen LogP contribution >= 0.6 is 0 Å². The van der Waals surface area contributed by atoms with Crippen molar-refractivity contribution < 1.29 is 9.53 Å². The van der Waals surface area contributed by atoms with E-state index in [-0.39, 0.29) is 11.9 Å². The van der Waals surface area contributed by atoms with E-state index in [1.807, 2.05) is 31.2 Å². The lowest BCUT2D eigenvalue weighted by atomic mass is 9.99. The van der Waals surface area contributed by atoms with E-state index in [0.29, 0.717) is 6.61 Å². The number of hydrogen-bond donors (Lipinski definition) is 0. The Morgan fingerprint density at radius 1 is 1.14 bits per heavy atom. The summed E-state index contributed by atoms with van der Waals surface area (Å²) in [6, 6.07) is 10.2. The highest BCUT2D eigenvalue weighted by Crippen LogP contribution is 2.15. The standard InChI is InChI=1S/C19H26O2/c1-3-5-7-10-18(15-16-19(20)21-4-2)14-13-17-11-8-6-9-12-17/h6,8-9,11-16,18H,3-5,7,10H2,1-2H3/b14-13+,16-15+. The van der Waals surface area contributed by atoms with E-state index < -0.39 is 0 Å². The Hall–Kier alpha value is -1.83. The fourth-order valence-corrected chi connectivity index (χ4v) is 2.08. The van der Waals surface area contributed by atoms with Crippen LogP contribution in [0.1, 0.15) is 45.1 Å². The number of benzene rings is 1. The van der Waals surface area contributed by atoms with Gasteiger partial charge in [0.2, 0.25) is 0 Å². The first kappa shape index (κ1) is 17.2. The second kappa shape index (κ2) is 10.9. The van der Waals surface area contributed by atoms with Crippen molar-refractivity contribution in [3.05, 3.63) is 54.1 Å². The van der Waals surface area contributed by atoms with E-state index in [1.54, 1.807) is 6.08 Å². The Bertz CT molecular complexity index is 446. The lowest BCUT2D eigenvalue weighted by Crippen LogP contribution is -2.01. The number of unbranched alkanes of at least 4 members (excludes halogenated alkanes) is 2. The Balaban J connectivity index is 2.63. The van der Waals surface area contributed by atoms with Gasteiger partial charge in [-0.1, -0.05) is 74.7 Å². The van der Waals surface area contributed by atoms with E-state index in [1.165, 1.54) is 24.8 Å². The third kappa shape index (κ3) is 8.13. The van der Waals surface area contributed by atoms with E-state index in [9.17, 15) is 4.79 Å². The molecule has 0 saturated carbocycles. The van der Waals surface area contributed by atoms with Crippen LogP contribution in [0.3, 0.4) is 0 Å². The summed E-state index contributed by atoms with van der Waals surface area (Å²) in [5, 5.41) is 0. The van der Waals surface area contributed by atoms with Gasteiger partial charge in [0.05, 0.1) is 6.61 Å². The molecule has 2 nitrogen and oxygen atoms in total. The molecule has 0 fully saturated rings. The smallest absolute Gasteiger partial charge is 0.330 e. The van der Waals surface area contributed by atoms with E-state index >= 15 is 0 Å². The van der Waals surface area contributed by atoms with Gasteiger partial charge in [-0.15, -0.1) is 0 Å². The number of esters is 1. The maximum atomic E-state index is 11.4. The van der Waals surface area contributed by atoms with Crippen molar-refractivity contribution in [3.63, 3.8) is 0 Å². The molecule has 114 valence electrons. The third-order valence-electron chi connectivity index (χ3n) is 3.24. The summed E-state index contributed by atoms with van der Waals surface area (Å²) < 4.78 is 4.93. The Labute approximate surface area is 128 Å². The van der Waals surface area contributed by atoms with Gasteiger partial charge in [-0.2, -0.15) is 0 Å². The van der Waals surface area contributed by atoms with Crippen molar-refractivity contribution in [1.29, 1.82) is 0 Å². The molecule has 2 heteroatoms. The average Bonchev–Trinajstić information content (AvgIpc) is 2.51. The molecule has 1 unspecified atom stereocenters. The van der Waals surface area contributed by atoms with Crippen LogP contribution in [-0.2, 0) is 9.53 Å². The minimum Gasteiger partial charge on any atom is -0.463 e. The van der Waals surface area contributed by atoms with Gasteiger partial charge in [0.25, 0.3) is 0 Å². The lowest BCUT2D eigenvalue weighted by molar-refractivity contribution is -0.137. The molecule has 1 rings (SSSR count). The number of carbonyl (C=O) groups is 1. The number of carbonyl (C=O) groups excluding carboxylic acids is 1. The van der Waals surface area contributed by atoms with Crippen molar-refractivity contribution in [3.8, 4) is 0 Å². The molecule has 0 heterocycles.